The molecule has 0 bridgehead atoms. The lowest BCUT2D eigenvalue weighted by Crippen LogP contribution is -2.45. The first-order valence-corrected chi connectivity index (χ1v) is 11.2. The van der Waals surface area contributed by atoms with Gasteiger partial charge in [0.2, 0.25) is 0 Å². The molecule has 4 rings (SSSR count). The number of piperazine rings is 1. The van der Waals surface area contributed by atoms with E-state index < -0.39 is 10.2 Å². The Morgan fingerprint density at radius 2 is 1.59 bits per heavy atom. The molecule has 0 spiro atoms. The van der Waals surface area contributed by atoms with Crippen LogP contribution in [0.15, 0.2) is 36.4 Å². The monoisotopic (exact) mass is 437 g/mol. The van der Waals surface area contributed by atoms with Gasteiger partial charge in [0.05, 0.1) is 25.9 Å². The zero-order valence-electron chi connectivity index (χ0n) is 16.5. The first kappa shape index (κ1) is 20.1. The van der Waals surface area contributed by atoms with E-state index in [4.69, 9.17) is 21.3 Å². The van der Waals surface area contributed by atoms with Gasteiger partial charge in [0.25, 0.3) is 0 Å². The summed E-state index contributed by atoms with van der Waals surface area (Å²) in [6.45, 7) is 4.14. The number of hydrogen-bond donors (Lipinski definition) is 0. The molecule has 0 saturated carbocycles. The van der Waals surface area contributed by atoms with Crippen LogP contribution in [-0.2, 0) is 10.2 Å². The van der Waals surface area contributed by atoms with E-state index in [1.165, 1.54) is 8.61 Å². The highest BCUT2D eigenvalue weighted by Gasteiger charge is 2.38. The molecule has 3 heterocycles. The van der Waals surface area contributed by atoms with E-state index in [1.807, 2.05) is 0 Å². The molecule has 0 amide bonds. The summed E-state index contributed by atoms with van der Waals surface area (Å²) < 4.78 is 34.6. The maximum absolute atomic E-state index is 13.2. The summed E-state index contributed by atoms with van der Waals surface area (Å²) in [5.74, 6) is 1.72. The van der Waals surface area contributed by atoms with Crippen LogP contribution in [0.4, 0.5) is 17.3 Å². The first-order valence-electron chi connectivity index (χ1n) is 9.44. The van der Waals surface area contributed by atoms with Gasteiger partial charge in [-0.15, -0.1) is 0 Å². The Hall–Kier alpha value is -2.23. The molecule has 2 aliphatic heterocycles. The van der Waals surface area contributed by atoms with Crippen molar-refractivity contribution in [2.24, 2.45) is 0 Å². The highest BCUT2D eigenvalue weighted by Crippen LogP contribution is 2.34. The largest absolute Gasteiger partial charge is 0.493 e. The van der Waals surface area contributed by atoms with Crippen LogP contribution in [0, 0.1) is 0 Å². The van der Waals surface area contributed by atoms with Gasteiger partial charge in [-0.1, -0.05) is 11.6 Å². The quantitative estimate of drug-likeness (QED) is 0.729. The van der Waals surface area contributed by atoms with Crippen molar-refractivity contribution in [3.05, 3.63) is 41.4 Å². The summed E-state index contributed by atoms with van der Waals surface area (Å²) in [5, 5.41) is 0.566. The van der Waals surface area contributed by atoms with Crippen LogP contribution < -0.4 is 18.2 Å². The Morgan fingerprint density at radius 3 is 2.24 bits per heavy atom. The van der Waals surface area contributed by atoms with Crippen molar-refractivity contribution in [1.29, 1.82) is 0 Å². The number of methoxy groups -OCH3 is 1. The molecule has 8 nitrogen and oxygen atoms in total. The second-order valence-electron chi connectivity index (χ2n) is 7.11. The number of ether oxygens (including phenoxy) is 1. The summed E-state index contributed by atoms with van der Waals surface area (Å²) in [4.78, 5) is 9.09. The smallest absolute Gasteiger partial charge is 0.327 e. The fourth-order valence-electron chi connectivity index (χ4n) is 3.60. The van der Waals surface area contributed by atoms with Crippen molar-refractivity contribution in [3.8, 4) is 5.75 Å². The lowest BCUT2D eigenvalue weighted by molar-refractivity contribution is 0.310. The normalized spacial score (nSPS) is 19.6. The van der Waals surface area contributed by atoms with Crippen molar-refractivity contribution in [3.63, 3.8) is 0 Å². The van der Waals surface area contributed by atoms with Gasteiger partial charge in [-0.2, -0.15) is 8.42 Å². The van der Waals surface area contributed by atoms with Gasteiger partial charge in [-0.25, -0.2) is 9.29 Å². The first-order chi connectivity index (χ1) is 13.9. The Bertz CT molecular complexity index is 978. The van der Waals surface area contributed by atoms with E-state index in [0.29, 0.717) is 41.2 Å². The van der Waals surface area contributed by atoms with Crippen molar-refractivity contribution < 1.29 is 13.2 Å². The third kappa shape index (κ3) is 3.82. The third-order valence-electron chi connectivity index (χ3n) is 5.28. The summed E-state index contributed by atoms with van der Waals surface area (Å²) in [5.41, 5.74) is 0.588. The fourth-order valence-corrected chi connectivity index (χ4v) is 5.32. The van der Waals surface area contributed by atoms with Crippen LogP contribution in [0.1, 0.15) is 0 Å². The second-order valence-corrected chi connectivity index (χ2v) is 9.33. The molecule has 0 atom stereocenters. The molecular formula is C19H24ClN5O3S. The van der Waals surface area contributed by atoms with Crippen LogP contribution >= 0.6 is 11.6 Å². The summed E-state index contributed by atoms with van der Waals surface area (Å²) in [6.07, 6.45) is 0. The highest BCUT2D eigenvalue weighted by atomic mass is 35.5. The number of likely N-dealkylation sites (N-methyl/N-ethyl adjacent to an activating group) is 1. The minimum atomic E-state index is -3.73. The Morgan fingerprint density at radius 1 is 0.931 bits per heavy atom. The molecule has 156 valence electrons. The molecule has 0 unspecified atom stereocenters. The number of pyridine rings is 1. The Balaban J connectivity index is 1.64. The lowest BCUT2D eigenvalue weighted by Gasteiger charge is -2.34. The number of anilines is 3. The van der Waals surface area contributed by atoms with Gasteiger partial charge in [0.1, 0.15) is 5.82 Å². The van der Waals surface area contributed by atoms with E-state index in [0.717, 1.165) is 26.2 Å². The van der Waals surface area contributed by atoms with Crippen molar-refractivity contribution in [1.82, 2.24) is 9.88 Å². The number of rotatable bonds is 4. The van der Waals surface area contributed by atoms with Crippen LogP contribution in [0.3, 0.4) is 0 Å². The number of aromatic nitrogens is 1. The highest BCUT2D eigenvalue weighted by molar-refractivity contribution is 7.94. The molecule has 29 heavy (non-hydrogen) atoms. The van der Waals surface area contributed by atoms with Crippen molar-refractivity contribution in [2.75, 3.05) is 66.9 Å². The average Bonchev–Trinajstić information content (AvgIpc) is 3.03. The molecule has 2 fully saturated rings. The van der Waals surface area contributed by atoms with E-state index in [-0.39, 0.29) is 0 Å². The summed E-state index contributed by atoms with van der Waals surface area (Å²) in [7, 11) is -0.0429. The molecule has 0 radical (unpaired) electrons. The van der Waals surface area contributed by atoms with Crippen LogP contribution in [0.25, 0.3) is 0 Å². The molecule has 10 heteroatoms. The minimum Gasteiger partial charge on any atom is -0.493 e. The third-order valence-corrected chi connectivity index (χ3v) is 7.41. The fraction of sp³-hybridized carbons (Fsp3) is 0.421. The van der Waals surface area contributed by atoms with Crippen LogP contribution in [0.2, 0.25) is 5.02 Å². The number of nitrogens with zero attached hydrogens (tertiary/aromatic N) is 5. The Labute approximate surface area is 176 Å². The molecule has 2 aromatic rings. The molecule has 2 saturated heterocycles. The molecule has 0 N–H and O–H groups in total. The van der Waals surface area contributed by atoms with Crippen molar-refractivity contribution in [2.45, 2.75) is 0 Å². The summed E-state index contributed by atoms with van der Waals surface area (Å²) in [6, 6.07) is 10.3. The maximum atomic E-state index is 13.2. The van der Waals surface area contributed by atoms with Gasteiger partial charge < -0.3 is 14.5 Å². The van der Waals surface area contributed by atoms with Gasteiger partial charge in [0.15, 0.2) is 11.6 Å². The Kier molecular flexibility index (Phi) is 5.46. The predicted octanol–water partition coefficient (Wildman–Crippen LogP) is 2.07. The number of benzene rings is 1. The molecular weight excluding hydrogens is 414 g/mol. The van der Waals surface area contributed by atoms with Crippen molar-refractivity contribution >= 4 is 39.1 Å². The SMILES string of the molecule is COc1ccc(N2CCN(c3ccc(Cl)cc3)S2(=O)=O)nc1N1CCN(C)CC1. The zero-order valence-corrected chi connectivity index (χ0v) is 18.0. The minimum absolute atomic E-state index is 0.326. The van der Waals surface area contributed by atoms with E-state index in [1.54, 1.807) is 43.5 Å². The van der Waals surface area contributed by atoms with E-state index in [2.05, 4.69) is 16.8 Å². The topological polar surface area (TPSA) is 69.2 Å². The average molecular weight is 438 g/mol. The molecule has 1 aromatic heterocycles. The second kappa shape index (κ2) is 7.89. The standard InChI is InChI=1S/C19H24ClN5O3S/c1-22-9-11-23(12-10-22)19-17(28-2)7-8-18(21-19)25-14-13-24(29(25,26)27)16-5-3-15(20)4-6-16/h3-8H,9-14H2,1-2H3. The molecule has 1 aromatic carbocycles. The molecule has 0 aliphatic carbocycles. The van der Waals surface area contributed by atoms with Crippen LogP contribution in [0.5, 0.6) is 5.75 Å². The summed E-state index contributed by atoms with van der Waals surface area (Å²) >= 11 is 5.93. The number of hydrogen-bond acceptors (Lipinski definition) is 6. The predicted molar refractivity (Wildman–Crippen MR) is 116 cm³/mol. The van der Waals surface area contributed by atoms with Gasteiger partial charge >= 0.3 is 10.2 Å². The lowest BCUT2D eigenvalue weighted by atomic mass is 10.3. The van der Waals surface area contributed by atoms with Gasteiger partial charge in [-0.05, 0) is 43.4 Å². The molecule has 2 aliphatic rings. The number of halogens is 1. The zero-order chi connectivity index (χ0) is 20.6. The van der Waals surface area contributed by atoms with Crippen LogP contribution in [-0.4, -0.2) is 71.7 Å². The van der Waals surface area contributed by atoms with Gasteiger partial charge in [-0.3, -0.25) is 4.31 Å². The maximum Gasteiger partial charge on any atom is 0.327 e. The van der Waals surface area contributed by atoms with E-state index in [9.17, 15) is 8.42 Å². The van der Waals surface area contributed by atoms with E-state index >= 15 is 0 Å². The van der Waals surface area contributed by atoms with Gasteiger partial charge in [0, 0.05) is 31.2 Å².